The Labute approximate surface area is 172 Å². The van der Waals surface area contributed by atoms with Crippen LogP contribution in [0.15, 0.2) is 52.7 Å². The lowest BCUT2D eigenvalue weighted by atomic mass is 10.1. The molecule has 0 fully saturated rings. The Balaban J connectivity index is 1.83. The number of aromatic nitrogens is 1. The van der Waals surface area contributed by atoms with Crippen LogP contribution in [0.1, 0.15) is 15.9 Å². The van der Waals surface area contributed by atoms with Crippen molar-refractivity contribution in [2.24, 2.45) is 0 Å². The summed E-state index contributed by atoms with van der Waals surface area (Å²) in [6, 6.07) is 12.1. The van der Waals surface area contributed by atoms with Gasteiger partial charge in [0, 0.05) is 30.6 Å². The van der Waals surface area contributed by atoms with E-state index in [-0.39, 0.29) is 15.5 Å². The number of amides is 1. The molecule has 28 heavy (non-hydrogen) atoms. The second-order valence-electron chi connectivity index (χ2n) is 6.29. The Morgan fingerprint density at radius 2 is 1.82 bits per heavy atom. The highest BCUT2D eigenvalue weighted by Gasteiger charge is 2.22. The predicted molar refractivity (Wildman–Crippen MR) is 113 cm³/mol. The molecular formula is C19H18ClN3O3S2. The standard InChI is InChI=1S/C19H18ClN3O3S2/c1-12-4-6-13(7-5-12)16-11-27-19(21-16)22-18(24)14-8-9-15(20)17(10-14)28(25,26)23(2)3/h4-11H,1-3H3,(H,21,22,24). The van der Waals surface area contributed by atoms with Crippen LogP contribution in [0.4, 0.5) is 5.13 Å². The van der Waals surface area contributed by atoms with E-state index in [1.807, 2.05) is 36.6 Å². The molecule has 0 radical (unpaired) electrons. The Bertz CT molecular complexity index is 1120. The number of anilines is 1. The monoisotopic (exact) mass is 435 g/mol. The zero-order valence-electron chi connectivity index (χ0n) is 15.4. The van der Waals surface area contributed by atoms with E-state index in [0.29, 0.717) is 5.13 Å². The lowest BCUT2D eigenvalue weighted by Crippen LogP contribution is -2.23. The van der Waals surface area contributed by atoms with Crippen LogP contribution in [0.2, 0.25) is 5.02 Å². The quantitative estimate of drug-likeness (QED) is 0.648. The first-order chi connectivity index (χ1) is 13.2. The highest BCUT2D eigenvalue weighted by molar-refractivity contribution is 7.89. The maximum atomic E-state index is 12.6. The largest absolute Gasteiger partial charge is 0.298 e. The van der Waals surface area contributed by atoms with Crippen LogP contribution < -0.4 is 5.32 Å². The number of thiazole rings is 1. The molecule has 6 nitrogen and oxygen atoms in total. The van der Waals surface area contributed by atoms with Gasteiger partial charge in [-0.1, -0.05) is 41.4 Å². The van der Waals surface area contributed by atoms with E-state index in [9.17, 15) is 13.2 Å². The topological polar surface area (TPSA) is 79.4 Å². The van der Waals surface area contributed by atoms with Crippen LogP contribution >= 0.6 is 22.9 Å². The SMILES string of the molecule is Cc1ccc(-c2csc(NC(=O)c3ccc(Cl)c(S(=O)(=O)N(C)C)c3)n2)cc1. The normalized spacial score (nSPS) is 11.6. The maximum absolute atomic E-state index is 12.6. The fraction of sp³-hybridized carbons (Fsp3) is 0.158. The van der Waals surface area contributed by atoms with Gasteiger partial charge in [-0.25, -0.2) is 17.7 Å². The van der Waals surface area contributed by atoms with E-state index in [4.69, 9.17) is 11.6 Å². The highest BCUT2D eigenvalue weighted by Crippen LogP contribution is 2.27. The number of nitrogens with zero attached hydrogens (tertiary/aromatic N) is 2. The summed E-state index contributed by atoms with van der Waals surface area (Å²) >= 11 is 7.32. The van der Waals surface area contributed by atoms with Crippen molar-refractivity contribution in [3.05, 3.63) is 64.0 Å². The number of hydrogen-bond acceptors (Lipinski definition) is 5. The van der Waals surface area contributed by atoms with Gasteiger partial charge < -0.3 is 0 Å². The van der Waals surface area contributed by atoms with Crippen molar-refractivity contribution in [3.63, 3.8) is 0 Å². The molecule has 0 aliphatic rings. The smallest absolute Gasteiger partial charge is 0.257 e. The van der Waals surface area contributed by atoms with Gasteiger partial charge in [0.1, 0.15) is 4.90 Å². The number of carbonyl (C=O) groups is 1. The molecule has 9 heteroatoms. The Kier molecular flexibility index (Phi) is 5.85. The van der Waals surface area contributed by atoms with E-state index < -0.39 is 15.9 Å². The van der Waals surface area contributed by atoms with Gasteiger partial charge in [-0.05, 0) is 25.1 Å². The molecule has 0 atom stereocenters. The Morgan fingerprint density at radius 3 is 2.46 bits per heavy atom. The summed E-state index contributed by atoms with van der Waals surface area (Å²) in [5.41, 5.74) is 3.04. The van der Waals surface area contributed by atoms with Crippen molar-refractivity contribution >= 4 is 44.0 Å². The lowest BCUT2D eigenvalue weighted by molar-refractivity contribution is 0.102. The molecule has 0 saturated heterocycles. The summed E-state index contributed by atoms with van der Waals surface area (Å²) in [6.45, 7) is 2.01. The molecule has 1 heterocycles. The number of benzene rings is 2. The summed E-state index contributed by atoms with van der Waals surface area (Å²) < 4.78 is 25.8. The maximum Gasteiger partial charge on any atom is 0.257 e. The average Bonchev–Trinajstić information content (AvgIpc) is 3.10. The minimum absolute atomic E-state index is 0.0566. The van der Waals surface area contributed by atoms with Gasteiger partial charge in [0.25, 0.3) is 5.91 Å². The van der Waals surface area contributed by atoms with E-state index in [2.05, 4.69) is 10.3 Å². The average molecular weight is 436 g/mol. The Hall–Kier alpha value is -2.26. The molecule has 3 rings (SSSR count). The number of aryl methyl sites for hydroxylation is 1. The third-order valence-electron chi connectivity index (χ3n) is 4.02. The zero-order chi connectivity index (χ0) is 20.5. The zero-order valence-corrected chi connectivity index (χ0v) is 17.8. The van der Waals surface area contributed by atoms with Crippen molar-refractivity contribution < 1.29 is 13.2 Å². The number of sulfonamides is 1. The summed E-state index contributed by atoms with van der Waals surface area (Å²) in [6.07, 6.45) is 0. The molecular weight excluding hydrogens is 418 g/mol. The second kappa shape index (κ2) is 8.00. The fourth-order valence-electron chi connectivity index (χ4n) is 2.40. The molecule has 0 aliphatic heterocycles. The van der Waals surface area contributed by atoms with Gasteiger partial charge >= 0.3 is 0 Å². The van der Waals surface area contributed by atoms with Crippen LogP contribution in [-0.2, 0) is 10.0 Å². The van der Waals surface area contributed by atoms with Crippen molar-refractivity contribution in [1.82, 2.24) is 9.29 Å². The van der Waals surface area contributed by atoms with E-state index in [1.165, 1.54) is 43.6 Å². The lowest BCUT2D eigenvalue weighted by Gasteiger charge is -2.13. The van der Waals surface area contributed by atoms with Gasteiger partial charge in [0.05, 0.1) is 10.7 Å². The molecule has 1 aromatic heterocycles. The minimum atomic E-state index is -3.76. The van der Waals surface area contributed by atoms with Gasteiger partial charge in [0.15, 0.2) is 5.13 Å². The molecule has 146 valence electrons. The molecule has 0 saturated carbocycles. The second-order valence-corrected chi connectivity index (χ2v) is 9.68. The van der Waals surface area contributed by atoms with E-state index >= 15 is 0 Å². The van der Waals surface area contributed by atoms with Crippen molar-refractivity contribution in [2.75, 3.05) is 19.4 Å². The number of carbonyl (C=O) groups excluding carboxylic acids is 1. The molecule has 1 N–H and O–H groups in total. The van der Waals surface area contributed by atoms with Crippen LogP contribution in [-0.4, -0.2) is 37.7 Å². The van der Waals surface area contributed by atoms with Crippen molar-refractivity contribution in [2.45, 2.75) is 11.8 Å². The summed E-state index contributed by atoms with van der Waals surface area (Å²) in [4.78, 5) is 16.9. The van der Waals surface area contributed by atoms with Crippen LogP contribution in [0.25, 0.3) is 11.3 Å². The van der Waals surface area contributed by atoms with Crippen molar-refractivity contribution in [1.29, 1.82) is 0 Å². The molecule has 0 spiro atoms. The molecule has 0 bridgehead atoms. The molecule has 0 unspecified atom stereocenters. The van der Waals surface area contributed by atoms with Crippen LogP contribution in [0.5, 0.6) is 0 Å². The highest BCUT2D eigenvalue weighted by atomic mass is 35.5. The van der Waals surface area contributed by atoms with E-state index in [1.54, 1.807) is 0 Å². The number of nitrogens with one attached hydrogen (secondary N) is 1. The minimum Gasteiger partial charge on any atom is -0.298 e. The summed E-state index contributed by atoms with van der Waals surface area (Å²) in [7, 11) is -0.957. The predicted octanol–water partition coefficient (Wildman–Crippen LogP) is 4.27. The number of hydrogen-bond donors (Lipinski definition) is 1. The van der Waals surface area contributed by atoms with Gasteiger partial charge in [-0.3, -0.25) is 10.1 Å². The van der Waals surface area contributed by atoms with Crippen LogP contribution in [0, 0.1) is 6.92 Å². The molecule has 1 amide bonds. The van der Waals surface area contributed by atoms with Crippen molar-refractivity contribution in [3.8, 4) is 11.3 Å². The van der Waals surface area contributed by atoms with Crippen LogP contribution in [0.3, 0.4) is 0 Å². The van der Waals surface area contributed by atoms with E-state index in [0.717, 1.165) is 21.1 Å². The van der Waals surface area contributed by atoms with Gasteiger partial charge in [-0.15, -0.1) is 11.3 Å². The third-order valence-corrected chi connectivity index (χ3v) is 7.08. The molecule has 3 aromatic rings. The number of rotatable bonds is 5. The fourth-order valence-corrected chi connectivity index (χ4v) is 4.50. The molecule has 0 aliphatic carbocycles. The first-order valence-corrected chi connectivity index (χ1v) is 10.9. The first kappa shape index (κ1) is 20.5. The first-order valence-electron chi connectivity index (χ1n) is 8.24. The van der Waals surface area contributed by atoms with Gasteiger partial charge in [-0.2, -0.15) is 0 Å². The summed E-state index contributed by atoms with van der Waals surface area (Å²) in [5.74, 6) is -0.461. The number of halogens is 1. The Morgan fingerprint density at radius 1 is 1.14 bits per heavy atom. The summed E-state index contributed by atoms with van der Waals surface area (Å²) in [5, 5.41) is 5.04. The van der Waals surface area contributed by atoms with Gasteiger partial charge in [0.2, 0.25) is 10.0 Å². The third kappa shape index (κ3) is 4.25. The molecule has 2 aromatic carbocycles.